The predicted molar refractivity (Wildman–Crippen MR) is 58.6 cm³/mol. The molecule has 0 saturated carbocycles. The molecule has 1 amide bonds. The first-order valence-electron chi connectivity index (χ1n) is 5.22. The Kier molecular flexibility index (Phi) is 2.97. The summed E-state index contributed by atoms with van der Waals surface area (Å²) in [5.74, 6) is 0.0538. The zero-order valence-electron chi connectivity index (χ0n) is 8.79. The summed E-state index contributed by atoms with van der Waals surface area (Å²) in [6.45, 7) is 2.84. The summed E-state index contributed by atoms with van der Waals surface area (Å²) in [5, 5.41) is 6.05. The lowest BCUT2D eigenvalue weighted by molar-refractivity contribution is -0.117. The van der Waals surface area contributed by atoms with Crippen LogP contribution in [0.2, 0.25) is 0 Å². The molecule has 80 valence electrons. The van der Waals surface area contributed by atoms with Gasteiger partial charge in [0.05, 0.1) is 6.04 Å². The Morgan fingerprint density at radius 1 is 1.67 bits per heavy atom. The van der Waals surface area contributed by atoms with Gasteiger partial charge in [0.25, 0.3) is 0 Å². The average Bonchev–Trinajstić information content (AvgIpc) is 2.70. The molecular formula is C11H15N3O. The minimum absolute atomic E-state index is 0.0292. The van der Waals surface area contributed by atoms with Crippen molar-refractivity contribution in [3.63, 3.8) is 0 Å². The summed E-state index contributed by atoms with van der Waals surface area (Å²) in [6.07, 6.45) is 3.70. The first kappa shape index (κ1) is 10.1. The van der Waals surface area contributed by atoms with Crippen molar-refractivity contribution in [3.05, 3.63) is 24.0 Å². The monoisotopic (exact) mass is 205 g/mol. The zero-order chi connectivity index (χ0) is 10.7. The van der Waals surface area contributed by atoms with Crippen molar-refractivity contribution in [1.29, 1.82) is 0 Å². The van der Waals surface area contributed by atoms with Crippen LogP contribution in [0.4, 0.5) is 5.69 Å². The lowest BCUT2D eigenvalue weighted by atomic mass is 10.2. The highest BCUT2D eigenvalue weighted by molar-refractivity contribution is 5.94. The molecule has 1 aliphatic heterocycles. The van der Waals surface area contributed by atoms with Gasteiger partial charge >= 0.3 is 0 Å². The van der Waals surface area contributed by atoms with E-state index in [1.807, 2.05) is 13.0 Å². The van der Waals surface area contributed by atoms with Crippen LogP contribution in [0.15, 0.2) is 18.3 Å². The second-order valence-electron chi connectivity index (χ2n) is 3.82. The van der Waals surface area contributed by atoms with Gasteiger partial charge in [0.2, 0.25) is 5.91 Å². The Morgan fingerprint density at radius 2 is 2.53 bits per heavy atom. The largest absolute Gasteiger partial charge is 0.325 e. The van der Waals surface area contributed by atoms with Crippen LogP contribution < -0.4 is 10.6 Å². The van der Waals surface area contributed by atoms with Crippen molar-refractivity contribution >= 4 is 11.6 Å². The van der Waals surface area contributed by atoms with Crippen LogP contribution in [0, 0.1) is 6.92 Å². The number of hydrogen-bond acceptors (Lipinski definition) is 3. The molecule has 1 unspecified atom stereocenters. The molecule has 2 rings (SSSR count). The predicted octanol–water partition coefficient (Wildman–Crippen LogP) is 1.08. The van der Waals surface area contributed by atoms with Gasteiger partial charge in [-0.15, -0.1) is 0 Å². The quantitative estimate of drug-likeness (QED) is 0.759. The number of nitrogens with zero attached hydrogens (tertiary/aromatic N) is 1. The second kappa shape index (κ2) is 4.40. The highest BCUT2D eigenvalue weighted by Crippen LogP contribution is 2.11. The van der Waals surface area contributed by atoms with Crippen molar-refractivity contribution in [2.24, 2.45) is 0 Å². The van der Waals surface area contributed by atoms with E-state index >= 15 is 0 Å². The van der Waals surface area contributed by atoms with Crippen LogP contribution in [0.3, 0.4) is 0 Å². The number of carbonyl (C=O) groups is 1. The maximum Gasteiger partial charge on any atom is 0.241 e. The standard InChI is InChI=1S/C11H15N3O/c1-8-7-9(4-6-12-8)14-11(15)10-3-2-5-13-10/h4,6-7,10,13H,2-3,5H2,1H3,(H,12,14,15). The van der Waals surface area contributed by atoms with Crippen LogP contribution in [0.25, 0.3) is 0 Å². The van der Waals surface area contributed by atoms with E-state index in [0.29, 0.717) is 0 Å². The Balaban J connectivity index is 1.99. The molecule has 1 aromatic heterocycles. The summed E-state index contributed by atoms with van der Waals surface area (Å²) in [6, 6.07) is 3.64. The minimum Gasteiger partial charge on any atom is -0.325 e. The zero-order valence-corrected chi connectivity index (χ0v) is 8.79. The second-order valence-corrected chi connectivity index (χ2v) is 3.82. The molecule has 4 nitrogen and oxygen atoms in total. The van der Waals surface area contributed by atoms with E-state index in [4.69, 9.17) is 0 Å². The summed E-state index contributed by atoms with van der Waals surface area (Å²) in [7, 11) is 0. The van der Waals surface area contributed by atoms with Crippen LogP contribution in [0.1, 0.15) is 18.5 Å². The molecule has 0 radical (unpaired) electrons. The number of nitrogens with one attached hydrogen (secondary N) is 2. The van der Waals surface area contributed by atoms with Crippen molar-refractivity contribution in [1.82, 2.24) is 10.3 Å². The van der Waals surface area contributed by atoms with Crippen molar-refractivity contribution in [2.45, 2.75) is 25.8 Å². The molecule has 1 saturated heterocycles. The van der Waals surface area contributed by atoms with Gasteiger partial charge in [-0.1, -0.05) is 0 Å². The van der Waals surface area contributed by atoms with Gasteiger partial charge in [-0.25, -0.2) is 0 Å². The summed E-state index contributed by atoms with van der Waals surface area (Å²) in [5.41, 5.74) is 1.73. The number of amides is 1. The maximum absolute atomic E-state index is 11.7. The number of carbonyl (C=O) groups excluding carboxylic acids is 1. The first-order valence-corrected chi connectivity index (χ1v) is 5.22. The van der Waals surface area contributed by atoms with E-state index in [9.17, 15) is 4.79 Å². The molecule has 2 N–H and O–H groups in total. The third-order valence-corrected chi connectivity index (χ3v) is 2.54. The van der Waals surface area contributed by atoms with Gasteiger partial charge in [0.15, 0.2) is 0 Å². The van der Waals surface area contributed by atoms with E-state index in [1.165, 1.54) is 0 Å². The van der Waals surface area contributed by atoms with E-state index in [0.717, 1.165) is 30.8 Å². The van der Waals surface area contributed by atoms with E-state index < -0.39 is 0 Å². The van der Waals surface area contributed by atoms with E-state index in [-0.39, 0.29) is 11.9 Å². The lowest BCUT2D eigenvalue weighted by Crippen LogP contribution is -2.35. The number of aryl methyl sites for hydroxylation is 1. The fraction of sp³-hybridized carbons (Fsp3) is 0.455. The van der Waals surface area contributed by atoms with Gasteiger partial charge in [-0.2, -0.15) is 0 Å². The number of pyridine rings is 1. The topological polar surface area (TPSA) is 54.0 Å². The van der Waals surface area contributed by atoms with Gasteiger partial charge in [-0.05, 0) is 38.4 Å². The number of aromatic nitrogens is 1. The maximum atomic E-state index is 11.7. The fourth-order valence-corrected chi connectivity index (χ4v) is 1.76. The molecule has 1 aromatic rings. The highest BCUT2D eigenvalue weighted by atomic mass is 16.2. The summed E-state index contributed by atoms with van der Waals surface area (Å²) >= 11 is 0. The van der Waals surface area contributed by atoms with E-state index in [1.54, 1.807) is 12.3 Å². The fourth-order valence-electron chi connectivity index (χ4n) is 1.76. The molecule has 2 heterocycles. The Hall–Kier alpha value is -1.42. The highest BCUT2D eigenvalue weighted by Gasteiger charge is 2.21. The third kappa shape index (κ3) is 2.53. The average molecular weight is 205 g/mol. The van der Waals surface area contributed by atoms with Crippen molar-refractivity contribution < 1.29 is 4.79 Å². The lowest BCUT2D eigenvalue weighted by Gasteiger charge is -2.10. The van der Waals surface area contributed by atoms with Crippen molar-refractivity contribution in [2.75, 3.05) is 11.9 Å². The molecule has 1 fully saturated rings. The molecule has 1 atom stereocenters. The number of hydrogen-bond donors (Lipinski definition) is 2. The molecule has 0 aromatic carbocycles. The smallest absolute Gasteiger partial charge is 0.241 e. The van der Waals surface area contributed by atoms with Crippen LogP contribution in [0.5, 0.6) is 0 Å². The first-order chi connectivity index (χ1) is 7.25. The SMILES string of the molecule is Cc1cc(NC(=O)C2CCCN2)ccn1. The van der Waals surface area contributed by atoms with Crippen LogP contribution in [-0.4, -0.2) is 23.5 Å². The molecule has 0 aliphatic carbocycles. The Morgan fingerprint density at radius 3 is 3.20 bits per heavy atom. The van der Waals surface area contributed by atoms with E-state index in [2.05, 4.69) is 15.6 Å². The molecule has 1 aliphatic rings. The van der Waals surface area contributed by atoms with Gasteiger partial charge in [-0.3, -0.25) is 9.78 Å². The molecule has 0 bridgehead atoms. The Bertz CT molecular complexity index is 359. The van der Waals surface area contributed by atoms with Gasteiger partial charge in [0, 0.05) is 17.6 Å². The molecule has 4 heteroatoms. The number of rotatable bonds is 2. The van der Waals surface area contributed by atoms with Gasteiger partial charge < -0.3 is 10.6 Å². The van der Waals surface area contributed by atoms with Crippen molar-refractivity contribution in [3.8, 4) is 0 Å². The summed E-state index contributed by atoms with van der Waals surface area (Å²) < 4.78 is 0. The molecule has 0 spiro atoms. The Labute approximate surface area is 89.1 Å². The summed E-state index contributed by atoms with van der Waals surface area (Å²) in [4.78, 5) is 15.8. The molecular weight excluding hydrogens is 190 g/mol. The van der Waals surface area contributed by atoms with Crippen LogP contribution >= 0.6 is 0 Å². The van der Waals surface area contributed by atoms with Crippen LogP contribution in [-0.2, 0) is 4.79 Å². The normalized spacial score (nSPS) is 20.2. The minimum atomic E-state index is -0.0292. The number of anilines is 1. The van der Waals surface area contributed by atoms with Gasteiger partial charge in [0.1, 0.15) is 0 Å². The third-order valence-electron chi connectivity index (χ3n) is 2.54. The molecule has 15 heavy (non-hydrogen) atoms.